The van der Waals surface area contributed by atoms with Crippen LogP contribution in [0.2, 0.25) is 0 Å². The minimum absolute atomic E-state index is 0.157. The van der Waals surface area contributed by atoms with Crippen LogP contribution in [0.5, 0.6) is 0 Å². The maximum absolute atomic E-state index is 4.85. The first-order valence-electron chi connectivity index (χ1n) is 8.18. The predicted octanol–water partition coefficient (Wildman–Crippen LogP) is 3.65. The highest BCUT2D eigenvalue weighted by Crippen LogP contribution is 2.25. The fraction of sp³-hybridized carbons (Fsp3) is 0.824. The van der Waals surface area contributed by atoms with Crippen molar-refractivity contribution in [2.75, 3.05) is 13.1 Å². The first-order valence-corrected chi connectivity index (χ1v) is 9.06. The van der Waals surface area contributed by atoms with Gasteiger partial charge in [-0.15, -0.1) is 11.3 Å². The summed E-state index contributed by atoms with van der Waals surface area (Å²) in [5.74, 6) is 0.755. The van der Waals surface area contributed by atoms with E-state index in [1.807, 2.05) is 11.3 Å². The predicted molar refractivity (Wildman–Crippen MR) is 91.9 cm³/mol. The second-order valence-electron chi connectivity index (χ2n) is 7.89. The second kappa shape index (κ2) is 6.76. The maximum atomic E-state index is 4.85. The molecule has 0 amide bonds. The highest BCUT2D eigenvalue weighted by molar-refractivity contribution is 7.09. The highest BCUT2D eigenvalue weighted by atomic mass is 32.1. The molecule has 1 aliphatic heterocycles. The quantitative estimate of drug-likeness (QED) is 0.920. The van der Waals surface area contributed by atoms with Gasteiger partial charge < -0.3 is 5.32 Å². The van der Waals surface area contributed by atoms with Crippen LogP contribution in [-0.4, -0.2) is 35.1 Å². The molecule has 1 saturated heterocycles. The summed E-state index contributed by atoms with van der Waals surface area (Å²) in [7, 11) is 0. The lowest BCUT2D eigenvalue weighted by atomic mass is 9.93. The van der Waals surface area contributed by atoms with E-state index in [9.17, 15) is 0 Å². The summed E-state index contributed by atoms with van der Waals surface area (Å²) in [5, 5.41) is 7.18. The molecule has 0 saturated carbocycles. The van der Waals surface area contributed by atoms with Gasteiger partial charge in [0.05, 0.1) is 12.2 Å². The van der Waals surface area contributed by atoms with Gasteiger partial charge in [0.15, 0.2) is 0 Å². The van der Waals surface area contributed by atoms with E-state index < -0.39 is 0 Å². The van der Waals surface area contributed by atoms with Gasteiger partial charge in [-0.25, -0.2) is 4.98 Å². The lowest BCUT2D eigenvalue weighted by molar-refractivity contribution is 0.124. The van der Waals surface area contributed by atoms with Gasteiger partial charge in [0, 0.05) is 36.0 Å². The summed E-state index contributed by atoms with van der Waals surface area (Å²) in [5.41, 5.74) is 1.38. The summed E-state index contributed by atoms with van der Waals surface area (Å²) in [6, 6.07) is 1.22. The molecule has 2 heterocycles. The van der Waals surface area contributed by atoms with E-state index in [1.165, 1.54) is 17.1 Å². The van der Waals surface area contributed by atoms with E-state index in [0.29, 0.717) is 12.1 Å². The number of piperazine rings is 1. The van der Waals surface area contributed by atoms with Crippen molar-refractivity contribution in [1.29, 1.82) is 0 Å². The number of aromatic nitrogens is 1. The van der Waals surface area contributed by atoms with Crippen molar-refractivity contribution in [3.05, 3.63) is 16.1 Å². The van der Waals surface area contributed by atoms with Crippen LogP contribution >= 0.6 is 11.3 Å². The molecule has 1 aromatic heterocycles. The third kappa shape index (κ3) is 4.76. The summed E-state index contributed by atoms with van der Waals surface area (Å²) < 4.78 is 0. The van der Waals surface area contributed by atoms with Crippen LogP contribution in [0.4, 0.5) is 0 Å². The Hall–Kier alpha value is -0.450. The van der Waals surface area contributed by atoms with E-state index in [-0.39, 0.29) is 5.41 Å². The van der Waals surface area contributed by atoms with Crippen molar-refractivity contribution in [1.82, 2.24) is 15.2 Å². The molecule has 1 N–H and O–H groups in total. The lowest BCUT2D eigenvalue weighted by Crippen LogP contribution is -2.55. The monoisotopic (exact) mass is 309 g/mol. The Morgan fingerprint density at radius 2 is 2.14 bits per heavy atom. The molecule has 0 radical (unpaired) electrons. The Morgan fingerprint density at radius 1 is 1.43 bits per heavy atom. The molecule has 4 heteroatoms. The molecule has 120 valence electrons. The van der Waals surface area contributed by atoms with Crippen LogP contribution in [0.25, 0.3) is 0 Å². The molecule has 2 unspecified atom stereocenters. The van der Waals surface area contributed by atoms with E-state index in [0.717, 1.165) is 25.6 Å². The molecule has 2 rings (SSSR count). The summed E-state index contributed by atoms with van der Waals surface area (Å²) in [4.78, 5) is 7.44. The lowest BCUT2D eigenvalue weighted by Gasteiger charge is -2.39. The number of nitrogens with one attached hydrogen (secondary N) is 1. The van der Waals surface area contributed by atoms with Crippen molar-refractivity contribution >= 4 is 11.3 Å². The van der Waals surface area contributed by atoms with Crippen LogP contribution < -0.4 is 5.32 Å². The molecule has 1 aromatic rings. The molecular formula is C17H31N3S. The fourth-order valence-corrected chi connectivity index (χ4v) is 3.89. The molecule has 0 bridgehead atoms. The Morgan fingerprint density at radius 3 is 2.71 bits per heavy atom. The topological polar surface area (TPSA) is 28.2 Å². The standard InChI is InChI=1S/C17H31N3S/c1-12(2)7-14-9-20(13(3)8-18-14)10-16-19-15(11-21-16)17(4,5)6/h11-14,18H,7-10H2,1-6H3. The van der Waals surface area contributed by atoms with Crippen molar-refractivity contribution in [3.63, 3.8) is 0 Å². The van der Waals surface area contributed by atoms with Gasteiger partial charge in [-0.1, -0.05) is 34.6 Å². The maximum Gasteiger partial charge on any atom is 0.107 e. The number of thiazole rings is 1. The van der Waals surface area contributed by atoms with E-state index >= 15 is 0 Å². The number of rotatable bonds is 4. The Kier molecular flexibility index (Phi) is 5.44. The molecule has 0 aromatic carbocycles. The largest absolute Gasteiger partial charge is 0.311 e. The van der Waals surface area contributed by atoms with Gasteiger partial charge >= 0.3 is 0 Å². The highest BCUT2D eigenvalue weighted by Gasteiger charge is 2.26. The first-order chi connectivity index (χ1) is 9.75. The van der Waals surface area contributed by atoms with Gasteiger partial charge in [0.1, 0.15) is 5.01 Å². The molecule has 21 heavy (non-hydrogen) atoms. The van der Waals surface area contributed by atoms with E-state index in [1.54, 1.807) is 0 Å². The summed E-state index contributed by atoms with van der Waals surface area (Å²) >= 11 is 1.81. The zero-order valence-electron chi connectivity index (χ0n) is 14.4. The van der Waals surface area contributed by atoms with E-state index in [4.69, 9.17) is 4.98 Å². The Bertz CT molecular complexity index is 447. The Labute approximate surface area is 134 Å². The van der Waals surface area contributed by atoms with Crippen molar-refractivity contribution < 1.29 is 0 Å². The number of hydrogen-bond acceptors (Lipinski definition) is 4. The van der Waals surface area contributed by atoms with Crippen molar-refractivity contribution in [3.8, 4) is 0 Å². The van der Waals surface area contributed by atoms with E-state index in [2.05, 4.69) is 57.1 Å². The molecular weight excluding hydrogens is 278 g/mol. The first kappa shape index (κ1) is 16.9. The zero-order chi connectivity index (χ0) is 15.6. The normalized spacial score (nSPS) is 24.7. The molecule has 2 atom stereocenters. The minimum Gasteiger partial charge on any atom is -0.311 e. The number of hydrogen-bond donors (Lipinski definition) is 1. The van der Waals surface area contributed by atoms with Crippen LogP contribution in [0.1, 0.15) is 58.7 Å². The Balaban J connectivity index is 1.98. The molecule has 0 spiro atoms. The molecule has 0 aliphatic carbocycles. The van der Waals surface area contributed by atoms with Gasteiger partial charge in [0.2, 0.25) is 0 Å². The smallest absolute Gasteiger partial charge is 0.107 e. The van der Waals surface area contributed by atoms with Gasteiger partial charge in [-0.3, -0.25) is 4.90 Å². The summed E-state index contributed by atoms with van der Waals surface area (Å²) in [6.45, 7) is 16.9. The zero-order valence-corrected chi connectivity index (χ0v) is 15.3. The van der Waals surface area contributed by atoms with Crippen LogP contribution in [0, 0.1) is 5.92 Å². The van der Waals surface area contributed by atoms with Gasteiger partial charge in [-0.05, 0) is 19.3 Å². The summed E-state index contributed by atoms with van der Waals surface area (Å²) in [6.07, 6.45) is 1.26. The molecule has 3 nitrogen and oxygen atoms in total. The van der Waals surface area contributed by atoms with Gasteiger partial charge in [0.25, 0.3) is 0 Å². The van der Waals surface area contributed by atoms with Crippen LogP contribution in [0.15, 0.2) is 5.38 Å². The fourth-order valence-electron chi connectivity index (χ4n) is 2.84. The third-order valence-corrected chi connectivity index (χ3v) is 5.03. The average Bonchev–Trinajstić information content (AvgIpc) is 2.81. The van der Waals surface area contributed by atoms with Gasteiger partial charge in [-0.2, -0.15) is 0 Å². The van der Waals surface area contributed by atoms with Crippen LogP contribution in [0.3, 0.4) is 0 Å². The van der Waals surface area contributed by atoms with Crippen molar-refractivity contribution in [2.24, 2.45) is 5.92 Å². The van der Waals surface area contributed by atoms with Crippen molar-refractivity contribution in [2.45, 2.75) is 72.0 Å². The molecule has 1 fully saturated rings. The third-order valence-electron chi connectivity index (χ3n) is 4.19. The number of nitrogens with zero attached hydrogens (tertiary/aromatic N) is 2. The minimum atomic E-state index is 0.157. The second-order valence-corrected chi connectivity index (χ2v) is 8.83. The SMILES string of the molecule is CC(C)CC1CN(Cc2nc(C(C)(C)C)cs2)C(C)CN1. The van der Waals surface area contributed by atoms with Crippen LogP contribution in [-0.2, 0) is 12.0 Å². The average molecular weight is 310 g/mol. The molecule has 1 aliphatic rings.